The molecule has 0 aliphatic rings. The monoisotopic (exact) mass is 287 g/mol. The number of carboxylic acid groups (broad SMARTS) is 1. The first-order chi connectivity index (χ1) is 8.17. The summed E-state index contributed by atoms with van der Waals surface area (Å²) in [6, 6.07) is -1.06. The molecule has 2 N–H and O–H groups in total. The van der Waals surface area contributed by atoms with Crippen molar-refractivity contribution < 1.29 is 27.9 Å². The first-order valence-corrected chi connectivity index (χ1v) is 6.49. The molecule has 8 heteroatoms. The van der Waals surface area contributed by atoms with Gasteiger partial charge in [-0.15, -0.1) is 11.8 Å². The molecule has 0 bridgehead atoms. The molecule has 2 atom stereocenters. The van der Waals surface area contributed by atoms with Crippen LogP contribution in [0.5, 0.6) is 0 Å². The van der Waals surface area contributed by atoms with Crippen molar-refractivity contribution in [2.24, 2.45) is 5.92 Å². The van der Waals surface area contributed by atoms with Crippen molar-refractivity contribution in [3.63, 3.8) is 0 Å². The standard InChI is InChI=1S/C10H16F3NO3S/c1-3-6(2)8(9(16)17)14-7(15)4-18-5-10(11,12)13/h6,8H,3-5H2,1-2H3,(H,14,15)(H,16,17). The number of nitrogens with one attached hydrogen (secondary N) is 1. The average molecular weight is 287 g/mol. The van der Waals surface area contributed by atoms with Crippen LogP contribution in [0.4, 0.5) is 13.2 Å². The summed E-state index contributed by atoms with van der Waals surface area (Å²) in [5, 5.41) is 11.1. The number of carboxylic acids is 1. The molecule has 0 saturated carbocycles. The topological polar surface area (TPSA) is 66.4 Å². The van der Waals surface area contributed by atoms with Gasteiger partial charge in [0.05, 0.1) is 11.5 Å². The molecule has 18 heavy (non-hydrogen) atoms. The minimum absolute atomic E-state index is 0.279. The van der Waals surface area contributed by atoms with Gasteiger partial charge in [-0.3, -0.25) is 4.79 Å². The van der Waals surface area contributed by atoms with E-state index in [-0.39, 0.29) is 5.92 Å². The van der Waals surface area contributed by atoms with Crippen molar-refractivity contribution in [1.82, 2.24) is 5.32 Å². The Balaban J connectivity index is 4.15. The summed E-state index contributed by atoms with van der Waals surface area (Å²) in [5.74, 6) is -3.68. The fraction of sp³-hybridized carbons (Fsp3) is 0.800. The molecule has 0 rings (SSSR count). The van der Waals surface area contributed by atoms with Crippen molar-refractivity contribution in [3.8, 4) is 0 Å². The molecule has 0 aromatic heterocycles. The number of thioether (sulfide) groups is 1. The molecule has 0 saturated heterocycles. The highest BCUT2D eigenvalue weighted by atomic mass is 32.2. The normalized spacial score (nSPS) is 14.9. The molecule has 0 aliphatic heterocycles. The SMILES string of the molecule is CCC(C)C(NC(=O)CSCC(F)(F)F)C(=O)O. The van der Waals surface area contributed by atoms with E-state index in [9.17, 15) is 22.8 Å². The Labute approximate surface area is 107 Å². The molecule has 0 aromatic carbocycles. The molecular formula is C10H16F3NO3S. The van der Waals surface area contributed by atoms with E-state index in [1.165, 1.54) is 0 Å². The number of aliphatic carboxylic acids is 1. The Morgan fingerprint density at radius 1 is 1.39 bits per heavy atom. The van der Waals surface area contributed by atoms with Gasteiger partial charge in [0.2, 0.25) is 5.91 Å². The molecule has 0 spiro atoms. The van der Waals surface area contributed by atoms with E-state index >= 15 is 0 Å². The van der Waals surface area contributed by atoms with E-state index in [2.05, 4.69) is 5.32 Å². The summed E-state index contributed by atoms with van der Waals surface area (Å²) in [6.07, 6.45) is -3.78. The van der Waals surface area contributed by atoms with Gasteiger partial charge < -0.3 is 10.4 Å². The van der Waals surface area contributed by atoms with Gasteiger partial charge >= 0.3 is 12.1 Å². The van der Waals surface area contributed by atoms with Gasteiger partial charge in [-0.05, 0) is 5.92 Å². The maximum atomic E-state index is 11.8. The summed E-state index contributed by atoms with van der Waals surface area (Å²) in [5.41, 5.74) is 0. The van der Waals surface area contributed by atoms with Crippen LogP contribution in [0.1, 0.15) is 20.3 Å². The quantitative estimate of drug-likeness (QED) is 0.750. The summed E-state index contributed by atoms with van der Waals surface area (Å²) in [6.45, 7) is 3.42. The van der Waals surface area contributed by atoms with Crippen molar-refractivity contribution in [2.75, 3.05) is 11.5 Å². The molecule has 0 aromatic rings. The van der Waals surface area contributed by atoms with Gasteiger partial charge in [-0.2, -0.15) is 13.2 Å². The number of hydrogen-bond acceptors (Lipinski definition) is 3. The molecule has 2 unspecified atom stereocenters. The third-order valence-corrected chi connectivity index (χ3v) is 3.29. The first-order valence-electron chi connectivity index (χ1n) is 5.34. The summed E-state index contributed by atoms with van der Waals surface area (Å²) < 4.78 is 35.5. The lowest BCUT2D eigenvalue weighted by Gasteiger charge is -2.20. The molecule has 0 radical (unpaired) electrons. The highest BCUT2D eigenvalue weighted by Crippen LogP contribution is 2.20. The first kappa shape index (κ1) is 17.1. The lowest BCUT2D eigenvalue weighted by molar-refractivity contribution is -0.143. The van der Waals surface area contributed by atoms with Gasteiger partial charge in [0, 0.05) is 0 Å². The maximum absolute atomic E-state index is 11.8. The lowest BCUT2D eigenvalue weighted by atomic mass is 9.99. The van der Waals surface area contributed by atoms with Crippen LogP contribution in [0.15, 0.2) is 0 Å². The van der Waals surface area contributed by atoms with Crippen molar-refractivity contribution in [2.45, 2.75) is 32.5 Å². The van der Waals surface area contributed by atoms with Crippen LogP contribution in [-0.4, -0.2) is 40.7 Å². The van der Waals surface area contributed by atoms with Crippen LogP contribution in [0.2, 0.25) is 0 Å². The fourth-order valence-electron chi connectivity index (χ4n) is 1.16. The van der Waals surface area contributed by atoms with Crippen LogP contribution in [-0.2, 0) is 9.59 Å². The Morgan fingerprint density at radius 2 is 1.94 bits per heavy atom. The Morgan fingerprint density at radius 3 is 2.33 bits per heavy atom. The van der Waals surface area contributed by atoms with Crippen LogP contribution < -0.4 is 5.32 Å². The molecular weight excluding hydrogens is 271 g/mol. The summed E-state index contributed by atoms with van der Waals surface area (Å²) >= 11 is 0.411. The van der Waals surface area contributed by atoms with E-state index in [0.717, 1.165) is 0 Å². The summed E-state index contributed by atoms with van der Waals surface area (Å²) in [7, 11) is 0. The number of amides is 1. The second-order valence-electron chi connectivity index (χ2n) is 3.88. The van der Waals surface area contributed by atoms with E-state index in [4.69, 9.17) is 5.11 Å². The zero-order valence-corrected chi connectivity index (χ0v) is 10.9. The number of alkyl halides is 3. The molecule has 0 aliphatic carbocycles. The molecule has 4 nitrogen and oxygen atoms in total. The van der Waals surface area contributed by atoms with E-state index in [1.54, 1.807) is 13.8 Å². The minimum atomic E-state index is -4.33. The second kappa shape index (κ2) is 7.50. The third kappa shape index (κ3) is 7.41. The highest BCUT2D eigenvalue weighted by Gasteiger charge is 2.28. The zero-order valence-electron chi connectivity index (χ0n) is 10.1. The minimum Gasteiger partial charge on any atom is -0.480 e. The molecule has 1 amide bonds. The van der Waals surface area contributed by atoms with Gasteiger partial charge in [-0.25, -0.2) is 4.79 Å². The third-order valence-electron chi connectivity index (χ3n) is 2.29. The van der Waals surface area contributed by atoms with Crippen LogP contribution >= 0.6 is 11.8 Å². The number of hydrogen-bond donors (Lipinski definition) is 2. The van der Waals surface area contributed by atoms with Crippen molar-refractivity contribution in [3.05, 3.63) is 0 Å². The molecule has 0 heterocycles. The highest BCUT2D eigenvalue weighted by molar-refractivity contribution is 8.00. The van der Waals surface area contributed by atoms with E-state index in [0.29, 0.717) is 18.2 Å². The van der Waals surface area contributed by atoms with Gasteiger partial charge in [-0.1, -0.05) is 20.3 Å². The summed E-state index contributed by atoms with van der Waals surface area (Å²) in [4.78, 5) is 22.2. The molecule has 0 fully saturated rings. The van der Waals surface area contributed by atoms with Gasteiger partial charge in [0.25, 0.3) is 0 Å². The second-order valence-corrected chi connectivity index (χ2v) is 4.86. The van der Waals surface area contributed by atoms with Crippen molar-refractivity contribution >= 4 is 23.6 Å². The zero-order chi connectivity index (χ0) is 14.3. The van der Waals surface area contributed by atoms with Crippen LogP contribution in [0.25, 0.3) is 0 Å². The number of halogens is 3. The predicted molar refractivity (Wildman–Crippen MR) is 62.4 cm³/mol. The Hall–Kier alpha value is -0.920. The van der Waals surface area contributed by atoms with Crippen LogP contribution in [0.3, 0.4) is 0 Å². The number of carbonyl (C=O) groups is 2. The largest absolute Gasteiger partial charge is 0.480 e. The van der Waals surface area contributed by atoms with Crippen LogP contribution in [0, 0.1) is 5.92 Å². The lowest BCUT2D eigenvalue weighted by Crippen LogP contribution is -2.45. The fourth-order valence-corrected chi connectivity index (χ4v) is 1.76. The smallest absolute Gasteiger partial charge is 0.397 e. The number of carbonyl (C=O) groups excluding carboxylic acids is 1. The Kier molecular flexibility index (Phi) is 7.12. The van der Waals surface area contributed by atoms with Gasteiger partial charge in [0.15, 0.2) is 0 Å². The van der Waals surface area contributed by atoms with E-state index in [1.807, 2.05) is 0 Å². The molecule has 106 valence electrons. The maximum Gasteiger partial charge on any atom is 0.397 e. The predicted octanol–water partition coefficient (Wildman–Crippen LogP) is 1.90. The van der Waals surface area contributed by atoms with Gasteiger partial charge in [0.1, 0.15) is 6.04 Å². The number of rotatable bonds is 7. The average Bonchev–Trinajstić information content (AvgIpc) is 2.22. The van der Waals surface area contributed by atoms with E-state index < -0.39 is 35.6 Å². The Bertz CT molecular complexity index is 297. The van der Waals surface area contributed by atoms with Crippen molar-refractivity contribution in [1.29, 1.82) is 0 Å².